The number of halogens is 1. The highest BCUT2D eigenvalue weighted by Gasteiger charge is 2.26. The molecule has 0 heterocycles. The summed E-state index contributed by atoms with van der Waals surface area (Å²) in [7, 11) is 0. The Morgan fingerprint density at radius 3 is 2.63 bits per heavy atom. The van der Waals surface area contributed by atoms with Gasteiger partial charge in [0.2, 0.25) is 5.91 Å². The molecule has 0 aromatic heterocycles. The molecule has 104 valence electrons. The van der Waals surface area contributed by atoms with E-state index < -0.39 is 0 Å². The maximum Gasteiger partial charge on any atom is 0.224 e. The second kappa shape index (κ2) is 7.09. The van der Waals surface area contributed by atoms with Gasteiger partial charge in [-0.25, -0.2) is 0 Å². The number of nitrogens with one attached hydrogen (secondary N) is 1. The molecule has 0 saturated heterocycles. The zero-order chi connectivity index (χ0) is 13.7. The predicted octanol–water partition coefficient (Wildman–Crippen LogP) is 3.46. The molecule has 2 nitrogen and oxygen atoms in total. The highest BCUT2D eigenvalue weighted by molar-refractivity contribution is 9.09. The fourth-order valence-corrected chi connectivity index (χ4v) is 3.64. The lowest BCUT2D eigenvalue weighted by atomic mass is 9.98. The highest BCUT2D eigenvalue weighted by atomic mass is 79.9. The van der Waals surface area contributed by atoms with Gasteiger partial charge in [0.05, 0.1) is 6.42 Å². The molecule has 0 aliphatic heterocycles. The summed E-state index contributed by atoms with van der Waals surface area (Å²) in [5, 5.41) is 4.15. The van der Waals surface area contributed by atoms with E-state index in [1.165, 1.54) is 24.8 Å². The third kappa shape index (κ3) is 4.34. The summed E-state index contributed by atoms with van der Waals surface area (Å²) in [6.07, 6.45) is 4.34. The Morgan fingerprint density at radius 2 is 1.95 bits per heavy atom. The fourth-order valence-electron chi connectivity index (χ4n) is 2.78. The zero-order valence-corrected chi connectivity index (χ0v) is 13.1. The molecule has 2 unspecified atom stereocenters. The van der Waals surface area contributed by atoms with E-state index >= 15 is 0 Å². The van der Waals surface area contributed by atoms with Crippen molar-refractivity contribution in [3.05, 3.63) is 35.4 Å². The van der Waals surface area contributed by atoms with E-state index in [1.54, 1.807) is 0 Å². The van der Waals surface area contributed by atoms with E-state index in [-0.39, 0.29) is 5.91 Å². The summed E-state index contributed by atoms with van der Waals surface area (Å²) in [6.45, 7) is 2.89. The van der Waals surface area contributed by atoms with Crippen LogP contribution in [0.3, 0.4) is 0 Å². The minimum atomic E-state index is 0.143. The Labute approximate surface area is 124 Å². The Balaban J connectivity index is 1.77. The van der Waals surface area contributed by atoms with Crippen LogP contribution in [-0.2, 0) is 11.2 Å². The van der Waals surface area contributed by atoms with Crippen LogP contribution in [0.15, 0.2) is 24.3 Å². The largest absolute Gasteiger partial charge is 0.356 e. The molecule has 1 N–H and O–H groups in total. The van der Waals surface area contributed by atoms with E-state index in [1.807, 2.05) is 12.1 Å². The van der Waals surface area contributed by atoms with Gasteiger partial charge in [-0.1, -0.05) is 52.2 Å². The zero-order valence-electron chi connectivity index (χ0n) is 11.5. The van der Waals surface area contributed by atoms with E-state index in [4.69, 9.17) is 0 Å². The molecule has 2 atom stereocenters. The van der Waals surface area contributed by atoms with Gasteiger partial charge < -0.3 is 5.32 Å². The number of hydrogen-bond donors (Lipinski definition) is 1. The van der Waals surface area contributed by atoms with Crippen molar-refractivity contribution >= 4 is 21.8 Å². The average molecular weight is 324 g/mol. The minimum Gasteiger partial charge on any atom is -0.356 e. The Morgan fingerprint density at radius 1 is 1.26 bits per heavy atom. The second-order valence-corrected chi connectivity index (χ2v) is 6.22. The van der Waals surface area contributed by atoms with Crippen molar-refractivity contribution in [2.24, 2.45) is 11.8 Å². The molecular weight excluding hydrogens is 302 g/mol. The van der Waals surface area contributed by atoms with E-state index in [0.717, 1.165) is 23.4 Å². The topological polar surface area (TPSA) is 29.1 Å². The van der Waals surface area contributed by atoms with Crippen molar-refractivity contribution in [3.63, 3.8) is 0 Å². The minimum absolute atomic E-state index is 0.143. The van der Waals surface area contributed by atoms with Gasteiger partial charge in [-0.2, -0.15) is 0 Å². The normalized spacial score (nSPS) is 22.4. The van der Waals surface area contributed by atoms with Crippen LogP contribution in [-0.4, -0.2) is 17.8 Å². The molecule has 0 bridgehead atoms. The van der Waals surface area contributed by atoms with Gasteiger partial charge in [-0.05, 0) is 37.2 Å². The van der Waals surface area contributed by atoms with Gasteiger partial charge >= 0.3 is 0 Å². The highest BCUT2D eigenvalue weighted by Crippen LogP contribution is 2.32. The monoisotopic (exact) mass is 323 g/mol. The number of rotatable bonds is 5. The van der Waals surface area contributed by atoms with Crippen LogP contribution < -0.4 is 5.32 Å². The van der Waals surface area contributed by atoms with Crippen molar-refractivity contribution in [2.45, 2.75) is 32.6 Å². The molecule has 1 fully saturated rings. The van der Waals surface area contributed by atoms with Crippen LogP contribution in [0, 0.1) is 18.8 Å². The quantitative estimate of drug-likeness (QED) is 0.826. The Bertz CT molecular complexity index is 415. The van der Waals surface area contributed by atoms with Crippen LogP contribution in [0.25, 0.3) is 0 Å². The summed E-state index contributed by atoms with van der Waals surface area (Å²) in [5.74, 6) is 1.53. The third-order valence-corrected chi connectivity index (χ3v) is 4.89. The van der Waals surface area contributed by atoms with Crippen LogP contribution in [0.5, 0.6) is 0 Å². The molecule has 1 aliphatic rings. The Hall–Kier alpha value is -0.830. The van der Waals surface area contributed by atoms with Crippen molar-refractivity contribution in [3.8, 4) is 0 Å². The number of alkyl halides is 1. The van der Waals surface area contributed by atoms with Gasteiger partial charge in [0, 0.05) is 11.9 Å². The number of benzene rings is 1. The molecule has 0 spiro atoms. The molecule has 0 radical (unpaired) electrons. The summed E-state index contributed by atoms with van der Waals surface area (Å²) >= 11 is 3.57. The fraction of sp³-hybridized carbons (Fsp3) is 0.562. The summed E-state index contributed by atoms with van der Waals surface area (Å²) in [5.41, 5.74) is 2.32. The lowest BCUT2D eigenvalue weighted by Gasteiger charge is -2.17. The number of amides is 1. The van der Waals surface area contributed by atoms with Crippen molar-refractivity contribution < 1.29 is 4.79 Å². The second-order valence-electron chi connectivity index (χ2n) is 5.57. The molecule has 19 heavy (non-hydrogen) atoms. The molecule has 1 aromatic carbocycles. The van der Waals surface area contributed by atoms with Crippen molar-refractivity contribution in [1.82, 2.24) is 5.32 Å². The van der Waals surface area contributed by atoms with Crippen molar-refractivity contribution in [1.29, 1.82) is 0 Å². The third-order valence-electron chi connectivity index (χ3n) is 4.06. The lowest BCUT2D eigenvalue weighted by molar-refractivity contribution is -0.120. The first-order chi connectivity index (χ1) is 9.19. The summed E-state index contributed by atoms with van der Waals surface area (Å²) in [4.78, 5) is 11.9. The first kappa shape index (κ1) is 14.6. The lowest BCUT2D eigenvalue weighted by Crippen LogP contribution is -2.32. The van der Waals surface area contributed by atoms with Crippen molar-refractivity contribution in [2.75, 3.05) is 11.9 Å². The molecular formula is C16H22BrNO. The van der Waals surface area contributed by atoms with E-state index in [2.05, 4.69) is 40.3 Å². The Kier molecular flexibility index (Phi) is 5.44. The molecule has 1 aromatic rings. The van der Waals surface area contributed by atoms with Crippen LogP contribution in [0.4, 0.5) is 0 Å². The molecule has 1 aliphatic carbocycles. The number of hydrogen-bond acceptors (Lipinski definition) is 1. The maximum atomic E-state index is 11.9. The van der Waals surface area contributed by atoms with Gasteiger partial charge in [0.25, 0.3) is 0 Å². The van der Waals surface area contributed by atoms with Crippen LogP contribution >= 0.6 is 15.9 Å². The first-order valence-electron chi connectivity index (χ1n) is 7.07. The van der Waals surface area contributed by atoms with Gasteiger partial charge in [-0.15, -0.1) is 0 Å². The van der Waals surface area contributed by atoms with Crippen LogP contribution in [0.2, 0.25) is 0 Å². The smallest absolute Gasteiger partial charge is 0.224 e. The van der Waals surface area contributed by atoms with Gasteiger partial charge in [-0.3, -0.25) is 4.79 Å². The maximum absolute atomic E-state index is 11.9. The standard InChI is InChI=1S/C16H22BrNO/c1-12-5-7-13(8-6-12)9-16(19)18-11-15-4-2-3-14(15)10-17/h5-8,14-15H,2-4,9-11H2,1H3,(H,18,19). The molecule has 3 heteroatoms. The predicted molar refractivity (Wildman–Crippen MR) is 82.5 cm³/mol. The van der Waals surface area contributed by atoms with E-state index in [0.29, 0.717) is 12.3 Å². The first-order valence-corrected chi connectivity index (χ1v) is 8.19. The van der Waals surface area contributed by atoms with E-state index in [9.17, 15) is 4.79 Å². The van der Waals surface area contributed by atoms with Crippen LogP contribution in [0.1, 0.15) is 30.4 Å². The molecule has 2 rings (SSSR count). The van der Waals surface area contributed by atoms with Gasteiger partial charge in [0.1, 0.15) is 0 Å². The number of aryl methyl sites for hydroxylation is 1. The number of carbonyl (C=O) groups excluding carboxylic acids is 1. The summed E-state index contributed by atoms with van der Waals surface area (Å²) < 4.78 is 0. The SMILES string of the molecule is Cc1ccc(CC(=O)NCC2CCCC2CBr)cc1. The summed E-state index contributed by atoms with van der Waals surface area (Å²) in [6, 6.07) is 8.18. The average Bonchev–Trinajstić information content (AvgIpc) is 2.86. The van der Waals surface area contributed by atoms with Gasteiger partial charge in [0.15, 0.2) is 0 Å². The molecule has 1 amide bonds. The number of carbonyl (C=O) groups is 1. The molecule has 1 saturated carbocycles.